The van der Waals surface area contributed by atoms with Gasteiger partial charge >= 0.3 is 0 Å². The first kappa shape index (κ1) is 25.7. The molecule has 5 aromatic rings. The molecule has 1 aliphatic carbocycles. The van der Waals surface area contributed by atoms with Gasteiger partial charge in [-0.3, -0.25) is 4.79 Å². The van der Waals surface area contributed by atoms with E-state index in [1.54, 1.807) is 12.3 Å². The molecule has 4 aromatic carbocycles. The van der Waals surface area contributed by atoms with E-state index in [9.17, 15) is 4.79 Å². The van der Waals surface area contributed by atoms with Crippen molar-refractivity contribution in [2.75, 3.05) is 0 Å². The van der Waals surface area contributed by atoms with E-state index >= 15 is 0 Å². The summed E-state index contributed by atoms with van der Waals surface area (Å²) in [5.41, 5.74) is 5.15. The summed E-state index contributed by atoms with van der Waals surface area (Å²) in [6, 6.07) is 33.3. The largest absolute Gasteiger partial charge is 0.437 e. The SMILES string of the molecule is O=C(C=CC1(c2ccc(Oc3cnc4ccccc4n3)cc2)C=CC=C(c2ccc(Br)cc2)C1)c1ccccc1. The van der Waals surface area contributed by atoms with Crippen molar-refractivity contribution in [3.8, 4) is 11.6 Å². The van der Waals surface area contributed by atoms with Crippen LogP contribution in [-0.2, 0) is 5.41 Å². The maximum atomic E-state index is 13.0. The van der Waals surface area contributed by atoms with Crippen LogP contribution in [0.5, 0.6) is 11.6 Å². The van der Waals surface area contributed by atoms with Gasteiger partial charge in [0.1, 0.15) is 5.75 Å². The summed E-state index contributed by atoms with van der Waals surface area (Å²) in [7, 11) is 0. The van der Waals surface area contributed by atoms with E-state index in [0.717, 1.165) is 26.6 Å². The molecule has 0 saturated heterocycles. The van der Waals surface area contributed by atoms with E-state index in [-0.39, 0.29) is 5.78 Å². The molecule has 6 rings (SSSR count). The quantitative estimate of drug-likeness (QED) is 0.141. The van der Waals surface area contributed by atoms with E-state index in [0.29, 0.717) is 23.6 Å². The zero-order valence-electron chi connectivity index (χ0n) is 21.6. The first-order valence-corrected chi connectivity index (χ1v) is 13.8. The van der Waals surface area contributed by atoms with Gasteiger partial charge in [0.25, 0.3) is 0 Å². The van der Waals surface area contributed by atoms with E-state index in [1.807, 2.05) is 84.9 Å². The second kappa shape index (κ2) is 11.2. The monoisotopic (exact) mass is 584 g/mol. The van der Waals surface area contributed by atoms with Gasteiger partial charge in [-0.25, -0.2) is 9.97 Å². The molecular weight excluding hydrogens is 560 g/mol. The first-order chi connectivity index (χ1) is 19.6. The Morgan fingerprint density at radius 3 is 2.35 bits per heavy atom. The molecule has 0 amide bonds. The van der Waals surface area contributed by atoms with Gasteiger partial charge in [0.2, 0.25) is 5.88 Å². The smallest absolute Gasteiger partial charge is 0.238 e. The highest BCUT2D eigenvalue weighted by atomic mass is 79.9. The molecule has 0 aliphatic heterocycles. The zero-order chi connectivity index (χ0) is 27.4. The minimum absolute atomic E-state index is 0.0250. The first-order valence-electron chi connectivity index (χ1n) is 13.0. The number of ether oxygens (including phenoxy) is 1. The van der Waals surface area contributed by atoms with Crippen molar-refractivity contribution in [1.29, 1.82) is 0 Å². The molecule has 0 radical (unpaired) electrons. The van der Waals surface area contributed by atoms with Crippen LogP contribution in [0.1, 0.15) is 27.9 Å². The van der Waals surface area contributed by atoms with Crippen LogP contribution in [0.4, 0.5) is 0 Å². The van der Waals surface area contributed by atoms with Crippen molar-refractivity contribution in [2.45, 2.75) is 11.8 Å². The lowest BCUT2D eigenvalue weighted by Crippen LogP contribution is -2.23. The van der Waals surface area contributed by atoms with Gasteiger partial charge in [0, 0.05) is 15.5 Å². The van der Waals surface area contributed by atoms with Crippen LogP contribution in [0.3, 0.4) is 0 Å². The van der Waals surface area contributed by atoms with Gasteiger partial charge in [-0.2, -0.15) is 0 Å². The van der Waals surface area contributed by atoms with E-state index < -0.39 is 5.41 Å². The Kier molecular flexibility index (Phi) is 7.21. The van der Waals surface area contributed by atoms with Crippen molar-refractivity contribution in [3.63, 3.8) is 0 Å². The molecule has 0 bridgehead atoms. The number of aromatic nitrogens is 2. The van der Waals surface area contributed by atoms with Crippen molar-refractivity contribution in [2.24, 2.45) is 0 Å². The van der Waals surface area contributed by atoms with E-state index in [1.165, 1.54) is 5.57 Å². The third kappa shape index (κ3) is 5.56. The maximum Gasteiger partial charge on any atom is 0.238 e. The van der Waals surface area contributed by atoms with Crippen LogP contribution >= 0.6 is 15.9 Å². The van der Waals surface area contributed by atoms with Crippen molar-refractivity contribution >= 4 is 38.3 Å². The van der Waals surface area contributed by atoms with Gasteiger partial charge in [-0.15, -0.1) is 0 Å². The molecule has 0 saturated carbocycles. The Hall–Kier alpha value is -4.61. The molecule has 1 aliphatic rings. The number of hydrogen-bond acceptors (Lipinski definition) is 4. The van der Waals surface area contributed by atoms with Crippen LogP contribution in [0.15, 0.2) is 144 Å². The van der Waals surface area contributed by atoms with Gasteiger partial charge < -0.3 is 4.74 Å². The molecule has 1 unspecified atom stereocenters. The fourth-order valence-electron chi connectivity index (χ4n) is 4.91. The Balaban J connectivity index is 1.31. The van der Waals surface area contributed by atoms with Crippen LogP contribution in [0.25, 0.3) is 16.6 Å². The number of hydrogen-bond donors (Lipinski definition) is 0. The molecule has 1 atom stereocenters. The summed E-state index contributed by atoms with van der Waals surface area (Å²) in [6.07, 6.45) is 12.4. The summed E-state index contributed by atoms with van der Waals surface area (Å²) in [4.78, 5) is 22.0. The lowest BCUT2D eigenvalue weighted by molar-refractivity contribution is 0.104. The van der Waals surface area contributed by atoms with E-state index in [4.69, 9.17) is 4.74 Å². The number of halogens is 1. The second-order valence-corrected chi connectivity index (χ2v) is 10.6. The van der Waals surface area contributed by atoms with E-state index in [2.05, 4.69) is 68.4 Å². The number of carbonyl (C=O) groups excluding carboxylic acids is 1. The van der Waals surface area contributed by atoms with Crippen molar-refractivity contribution in [1.82, 2.24) is 9.97 Å². The average molecular weight is 586 g/mol. The Labute approximate surface area is 241 Å². The van der Waals surface area contributed by atoms with Gasteiger partial charge in [0.05, 0.1) is 17.2 Å². The molecule has 0 fully saturated rings. The lowest BCUT2D eigenvalue weighted by Gasteiger charge is -2.32. The number of benzene rings is 4. The van der Waals surface area contributed by atoms with Crippen molar-refractivity contribution < 1.29 is 9.53 Å². The number of carbonyl (C=O) groups is 1. The number of fused-ring (bicyclic) bond motifs is 1. The maximum absolute atomic E-state index is 13.0. The van der Waals surface area contributed by atoms with Gasteiger partial charge in [-0.05, 0) is 65.6 Å². The second-order valence-electron chi connectivity index (χ2n) is 9.66. The molecule has 40 heavy (non-hydrogen) atoms. The molecule has 1 aromatic heterocycles. The lowest BCUT2D eigenvalue weighted by atomic mass is 9.71. The Morgan fingerprint density at radius 1 is 0.850 bits per heavy atom. The standard InChI is InChI=1S/C35H25BrN2O2/c36-29-16-12-25(13-17-29)27-9-6-21-35(23-27,22-20-33(39)26-7-2-1-3-8-26)28-14-18-30(19-15-28)40-34-24-37-31-10-4-5-11-32(31)38-34/h1-22,24H,23H2. The Bertz CT molecular complexity index is 1760. The number of rotatable bonds is 7. The third-order valence-corrected chi connectivity index (χ3v) is 7.55. The average Bonchev–Trinajstić information content (AvgIpc) is 3.01. The van der Waals surface area contributed by atoms with Gasteiger partial charge in [-0.1, -0.05) is 107 Å². The molecule has 0 N–H and O–H groups in total. The summed E-state index contributed by atoms with van der Waals surface area (Å²) in [6.45, 7) is 0. The number of para-hydroxylation sites is 2. The van der Waals surface area contributed by atoms with Crippen LogP contribution in [0.2, 0.25) is 0 Å². The minimum Gasteiger partial charge on any atom is -0.437 e. The molecular formula is C35H25BrN2O2. The van der Waals surface area contributed by atoms with Crippen molar-refractivity contribution in [3.05, 3.63) is 161 Å². The fraction of sp³-hybridized carbons (Fsp3) is 0.0571. The molecule has 4 nitrogen and oxygen atoms in total. The minimum atomic E-state index is -0.511. The highest BCUT2D eigenvalue weighted by molar-refractivity contribution is 9.10. The highest BCUT2D eigenvalue weighted by Gasteiger charge is 2.30. The molecule has 194 valence electrons. The third-order valence-electron chi connectivity index (χ3n) is 7.02. The van der Waals surface area contributed by atoms with Crippen LogP contribution < -0.4 is 4.74 Å². The topological polar surface area (TPSA) is 52.1 Å². The molecule has 5 heteroatoms. The fourth-order valence-corrected chi connectivity index (χ4v) is 5.17. The summed E-state index contributed by atoms with van der Waals surface area (Å²) < 4.78 is 7.08. The summed E-state index contributed by atoms with van der Waals surface area (Å²) in [5.74, 6) is 1.08. The Morgan fingerprint density at radius 2 is 1.57 bits per heavy atom. The van der Waals surface area contributed by atoms with Gasteiger partial charge in [0.15, 0.2) is 5.78 Å². The number of ketones is 1. The normalized spacial score (nSPS) is 16.7. The highest BCUT2D eigenvalue weighted by Crippen LogP contribution is 2.41. The van der Waals surface area contributed by atoms with Crippen LogP contribution in [0, 0.1) is 0 Å². The molecule has 1 heterocycles. The predicted molar refractivity (Wildman–Crippen MR) is 164 cm³/mol. The predicted octanol–water partition coefficient (Wildman–Crippen LogP) is 8.90. The van der Waals surface area contributed by atoms with Crippen LogP contribution in [-0.4, -0.2) is 15.8 Å². The number of allylic oxidation sites excluding steroid dienone is 6. The summed E-state index contributed by atoms with van der Waals surface area (Å²) in [5, 5.41) is 0. The zero-order valence-corrected chi connectivity index (χ0v) is 23.2. The molecule has 0 spiro atoms. The summed E-state index contributed by atoms with van der Waals surface area (Å²) >= 11 is 3.53. The number of nitrogens with zero attached hydrogens (tertiary/aromatic N) is 2.